The molecule has 2 aliphatic rings. The van der Waals surface area contributed by atoms with Crippen molar-refractivity contribution in [2.24, 2.45) is 17.8 Å². The van der Waals surface area contributed by atoms with E-state index in [1.165, 1.54) is 0 Å². The summed E-state index contributed by atoms with van der Waals surface area (Å²) in [4.78, 5) is 29.9. The maximum Gasteiger partial charge on any atom is 0.410 e. The van der Waals surface area contributed by atoms with Gasteiger partial charge in [-0.05, 0) is 69.9 Å². The Bertz CT molecular complexity index is 660. The van der Waals surface area contributed by atoms with E-state index >= 15 is 0 Å². The van der Waals surface area contributed by atoms with E-state index in [0.29, 0.717) is 30.0 Å². The van der Waals surface area contributed by atoms with Gasteiger partial charge < -0.3 is 19.7 Å². The first-order chi connectivity index (χ1) is 13.3. The number of ether oxygens (including phenoxy) is 2. The zero-order valence-electron chi connectivity index (χ0n) is 17.0. The van der Waals surface area contributed by atoms with Crippen LogP contribution in [0.2, 0.25) is 0 Å². The van der Waals surface area contributed by atoms with Gasteiger partial charge in [-0.2, -0.15) is 0 Å². The van der Waals surface area contributed by atoms with E-state index in [0.717, 1.165) is 32.4 Å². The van der Waals surface area contributed by atoms with Gasteiger partial charge in [-0.25, -0.2) is 4.79 Å². The van der Waals surface area contributed by atoms with Crippen molar-refractivity contribution in [1.82, 2.24) is 15.2 Å². The number of nitrogens with one attached hydrogen (secondary N) is 1. The fraction of sp³-hybridized carbons (Fsp3) is 0.667. The molecule has 0 radical (unpaired) electrons. The number of carbonyl (C=O) groups excluding carboxylic acids is 2. The normalized spacial score (nSPS) is 24.0. The number of likely N-dealkylation sites (tertiary alicyclic amines) is 1. The molecule has 154 valence electrons. The van der Waals surface area contributed by atoms with Gasteiger partial charge in [-0.15, -0.1) is 0 Å². The molecule has 1 aliphatic heterocycles. The first-order valence-electron chi connectivity index (χ1n) is 10.1. The summed E-state index contributed by atoms with van der Waals surface area (Å²) in [6.07, 6.45) is 6.26. The van der Waals surface area contributed by atoms with Gasteiger partial charge in [0.05, 0.1) is 6.20 Å². The Morgan fingerprint density at radius 2 is 1.96 bits per heavy atom. The summed E-state index contributed by atoms with van der Waals surface area (Å²) in [5.74, 6) is 2.20. The van der Waals surface area contributed by atoms with Gasteiger partial charge in [0.25, 0.3) is 5.91 Å². The number of aromatic nitrogens is 1. The topological polar surface area (TPSA) is 80.8 Å². The highest BCUT2D eigenvalue weighted by Gasteiger charge is 2.43. The third kappa shape index (κ3) is 5.84. The molecule has 1 aromatic rings. The molecule has 2 heterocycles. The Kier molecular flexibility index (Phi) is 6.42. The highest BCUT2D eigenvalue weighted by molar-refractivity contribution is 5.77. The monoisotopic (exact) mass is 389 g/mol. The summed E-state index contributed by atoms with van der Waals surface area (Å²) in [5.41, 5.74) is -0.448. The highest BCUT2D eigenvalue weighted by atomic mass is 16.6. The third-order valence-electron chi connectivity index (χ3n) is 5.38. The molecule has 1 aliphatic carbocycles. The van der Waals surface area contributed by atoms with Gasteiger partial charge in [-0.3, -0.25) is 9.78 Å². The minimum atomic E-state index is -0.448. The van der Waals surface area contributed by atoms with Crippen molar-refractivity contribution in [2.75, 3.05) is 26.2 Å². The molecular formula is C21H31N3O4. The van der Waals surface area contributed by atoms with Crippen LogP contribution < -0.4 is 10.1 Å². The minimum Gasteiger partial charge on any atom is -0.482 e. The zero-order valence-corrected chi connectivity index (χ0v) is 17.0. The second-order valence-electron chi connectivity index (χ2n) is 8.86. The largest absolute Gasteiger partial charge is 0.482 e. The van der Waals surface area contributed by atoms with E-state index in [1.54, 1.807) is 24.5 Å². The molecular weight excluding hydrogens is 358 g/mol. The fourth-order valence-electron chi connectivity index (χ4n) is 4.18. The predicted molar refractivity (Wildman–Crippen MR) is 105 cm³/mol. The van der Waals surface area contributed by atoms with Gasteiger partial charge in [0.2, 0.25) is 0 Å². The molecule has 3 rings (SSSR count). The molecule has 0 aromatic carbocycles. The summed E-state index contributed by atoms with van der Waals surface area (Å²) in [5, 5.41) is 2.93. The lowest BCUT2D eigenvalue weighted by Gasteiger charge is -2.25. The van der Waals surface area contributed by atoms with E-state index in [2.05, 4.69) is 10.3 Å². The Hall–Kier alpha value is -2.31. The molecule has 1 saturated heterocycles. The second-order valence-corrected chi connectivity index (χ2v) is 8.86. The molecule has 2 unspecified atom stereocenters. The van der Waals surface area contributed by atoms with Crippen molar-refractivity contribution in [2.45, 2.75) is 45.6 Å². The third-order valence-corrected chi connectivity index (χ3v) is 5.38. The molecule has 7 heteroatoms. The number of fused-ring (bicyclic) bond motifs is 1. The fourth-order valence-corrected chi connectivity index (χ4v) is 4.18. The first kappa shape index (κ1) is 20.4. The van der Waals surface area contributed by atoms with E-state index < -0.39 is 5.60 Å². The number of carbonyl (C=O) groups is 2. The van der Waals surface area contributed by atoms with E-state index in [9.17, 15) is 9.59 Å². The molecule has 2 atom stereocenters. The number of rotatable bonds is 6. The Morgan fingerprint density at radius 1 is 1.25 bits per heavy atom. The number of hydrogen-bond acceptors (Lipinski definition) is 5. The van der Waals surface area contributed by atoms with Gasteiger partial charge in [0.15, 0.2) is 6.61 Å². The lowest BCUT2D eigenvalue weighted by Crippen LogP contribution is -2.36. The molecule has 1 aromatic heterocycles. The quantitative estimate of drug-likeness (QED) is 0.809. The van der Waals surface area contributed by atoms with Gasteiger partial charge in [-0.1, -0.05) is 0 Å². The molecule has 0 bridgehead atoms. The van der Waals surface area contributed by atoms with E-state index in [1.807, 2.05) is 25.7 Å². The Balaban J connectivity index is 1.31. The SMILES string of the molecule is CC(C)(C)OC(=O)N1CC2CC(CCNC(=O)COc3cccnc3)CC2C1. The van der Waals surface area contributed by atoms with Gasteiger partial charge in [0, 0.05) is 25.8 Å². The lowest BCUT2D eigenvalue weighted by molar-refractivity contribution is -0.123. The smallest absolute Gasteiger partial charge is 0.410 e. The van der Waals surface area contributed by atoms with Crippen molar-refractivity contribution >= 4 is 12.0 Å². The van der Waals surface area contributed by atoms with E-state index in [-0.39, 0.29) is 18.6 Å². The molecule has 7 nitrogen and oxygen atoms in total. The van der Waals surface area contributed by atoms with Crippen LogP contribution in [-0.2, 0) is 9.53 Å². The molecule has 0 spiro atoms. The van der Waals surface area contributed by atoms with Crippen LogP contribution in [0.4, 0.5) is 4.79 Å². The first-order valence-corrected chi connectivity index (χ1v) is 10.1. The summed E-state index contributed by atoms with van der Waals surface area (Å²) in [6, 6.07) is 3.55. The molecule has 1 N–H and O–H groups in total. The van der Waals surface area contributed by atoms with Crippen LogP contribution in [0.25, 0.3) is 0 Å². The van der Waals surface area contributed by atoms with Crippen molar-refractivity contribution in [3.05, 3.63) is 24.5 Å². The Labute approximate surface area is 166 Å². The maximum atomic E-state index is 12.2. The van der Waals surface area contributed by atoms with Crippen LogP contribution in [0, 0.1) is 17.8 Å². The average Bonchev–Trinajstić information content (AvgIpc) is 3.18. The van der Waals surface area contributed by atoms with Crippen LogP contribution >= 0.6 is 0 Å². The van der Waals surface area contributed by atoms with Crippen LogP contribution in [-0.4, -0.2) is 53.7 Å². The second kappa shape index (κ2) is 8.80. The molecule has 2 amide bonds. The Morgan fingerprint density at radius 3 is 2.57 bits per heavy atom. The van der Waals surface area contributed by atoms with Crippen LogP contribution in [0.3, 0.4) is 0 Å². The molecule has 28 heavy (non-hydrogen) atoms. The number of pyridine rings is 1. The number of nitrogens with zero attached hydrogens (tertiary/aromatic N) is 2. The molecule has 1 saturated carbocycles. The van der Waals surface area contributed by atoms with Gasteiger partial charge >= 0.3 is 6.09 Å². The van der Waals surface area contributed by atoms with Crippen molar-refractivity contribution in [3.8, 4) is 5.75 Å². The zero-order chi connectivity index (χ0) is 20.1. The number of amides is 2. The summed E-state index contributed by atoms with van der Waals surface area (Å²) >= 11 is 0. The van der Waals surface area contributed by atoms with Crippen LogP contribution in [0.5, 0.6) is 5.75 Å². The minimum absolute atomic E-state index is 0.00641. The van der Waals surface area contributed by atoms with Crippen LogP contribution in [0.15, 0.2) is 24.5 Å². The van der Waals surface area contributed by atoms with Crippen LogP contribution in [0.1, 0.15) is 40.0 Å². The highest BCUT2D eigenvalue weighted by Crippen LogP contribution is 2.43. The lowest BCUT2D eigenvalue weighted by atomic mass is 10.0. The van der Waals surface area contributed by atoms with Gasteiger partial charge in [0.1, 0.15) is 11.4 Å². The van der Waals surface area contributed by atoms with E-state index in [4.69, 9.17) is 9.47 Å². The summed E-state index contributed by atoms with van der Waals surface area (Å²) in [6.45, 7) is 7.94. The number of hydrogen-bond donors (Lipinski definition) is 1. The van der Waals surface area contributed by atoms with Crippen molar-refractivity contribution in [1.29, 1.82) is 0 Å². The maximum absolute atomic E-state index is 12.2. The predicted octanol–water partition coefficient (Wildman–Crippen LogP) is 2.86. The average molecular weight is 389 g/mol. The standard InChI is InChI=1S/C21H31N3O4/c1-21(2,3)28-20(26)24-12-16-9-15(10-17(16)13-24)6-8-23-19(25)14-27-18-5-4-7-22-11-18/h4-5,7,11,15-17H,6,8-10,12-14H2,1-3H3,(H,23,25). The van der Waals surface area contributed by atoms with Crippen molar-refractivity contribution < 1.29 is 19.1 Å². The molecule has 2 fully saturated rings. The summed E-state index contributed by atoms with van der Waals surface area (Å²) < 4.78 is 10.9. The van der Waals surface area contributed by atoms with Crippen molar-refractivity contribution in [3.63, 3.8) is 0 Å². The summed E-state index contributed by atoms with van der Waals surface area (Å²) in [7, 11) is 0.